The van der Waals surface area contributed by atoms with Crippen LogP contribution >= 0.6 is 15.9 Å². The van der Waals surface area contributed by atoms with E-state index in [1.165, 1.54) is 14.2 Å². The zero-order valence-electron chi connectivity index (χ0n) is 12.6. The zero-order chi connectivity index (χ0) is 16.3. The van der Waals surface area contributed by atoms with Crippen molar-refractivity contribution < 1.29 is 24.0 Å². The van der Waals surface area contributed by atoms with Crippen molar-refractivity contribution in [3.05, 3.63) is 39.3 Å². The minimum absolute atomic E-state index is 0.0238. The number of aryl methyl sites for hydroxylation is 1. The van der Waals surface area contributed by atoms with Crippen molar-refractivity contribution >= 4 is 34.3 Å². The Morgan fingerprint density at radius 2 is 2.14 bits per heavy atom. The summed E-state index contributed by atoms with van der Waals surface area (Å²) in [5, 5.41) is 11.9. The predicted molar refractivity (Wildman–Crippen MR) is 84.1 cm³/mol. The number of rotatable bonds is 4. The highest BCUT2D eigenvalue weighted by molar-refractivity contribution is 9.10. The molecule has 6 heteroatoms. The van der Waals surface area contributed by atoms with Crippen LogP contribution in [0.4, 0.5) is 5.69 Å². The van der Waals surface area contributed by atoms with E-state index in [4.69, 9.17) is 9.47 Å². The Labute approximate surface area is 138 Å². The standard InChI is InChI=1S/C16H18BrNO4/c1-18-6-4-5-10-7-12(17)8-11(14(10)18)9-13(15(19)21-2)16(20)22-3/h7-8H,1,4-6,9H2,2-3H3. The summed E-state index contributed by atoms with van der Waals surface area (Å²) < 4.78 is 12.2. The van der Waals surface area contributed by atoms with Crippen LogP contribution in [0.1, 0.15) is 17.5 Å². The van der Waals surface area contributed by atoms with Gasteiger partial charge in [-0.2, -0.15) is 0 Å². The number of fused-ring (bicyclic) bond motifs is 1. The summed E-state index contributed by atoms with van der Waals surface area (Å²) in [7, 11) is 2.49. The molecule has 1 aromatic carbocycles. The number of nitrogens with zero attached hydrogens (tertiary/aromatic N) is 1. The monoisotopic (exact) mass is 367 g/mol. The van der Waals surface area contributed by atoms with Gasteiger partial charge in [0.05, 0.1) is 18.6 Å². The van der Waals surface area contributed by atoms with E-state index in [1.54, 1.807) is 0 Å². The topological polar surface area (TPSA) is 61.6 Å². The summed E-state index contributed by atoms with van der Waals surface area (Å²) in [6.07, 6.45) is 2.11. The van der Waals surface area contributed by atoms with Gasteiger partial charge in [0.25, 0.3) is 0 Å². The van der Waals surface area contributed by atoms with Gasteiger partial charge >= 0.3 is 5.97 Å². The number of esters is 1. The molecule has 0 spiro atoms. The quantitative estimate of drug-likeness (QED) is 0.351. The number of carbonyl (C=O) groups excluding carboxylic acids is 1. The molecule has 0 aliphatic carbocycles. The van der Waals surface area contributed by atoms with Crippen LogP contribution in [0.3, 0.4) is 0 Å². The molecule has 1 heterocycles. The van der Waals surface area contributed by atoms with Crippen molar-refractivity contribution in [2.75, 3.05) is 20.8 Å². The van der Waals surface area contributed by atoms with E-state index in [1.807, 2.05) is 16.7 Å². The van der Waals surface area contributed by atoms with Crippen LogP contribution < -0.4 is 5.11 Å². The minimum Gasteiger partial charge on any atom is -0.616 e. The molecule has 0 aromatic heterocycles. The first-order chi connectivity index (χ1) is 10.5. The van der Waals surface area contributed by atoms with Crippen LogP contribution in [0.15, 0.2) is 28.1 Å². The molecule has 5 nitrogen and oxygen atoms in total. The fourth-order valence-corrected chi connectivity index (χ4v) is 3.24. The maximum atomic E-state index is 11.9. The number of methoxy groups -OCH3 is 2. The van der Waals surface area contributed by atoms with Crippen molar-refractivity contribution in [2.24, 2.45) is 0 Å². The highest BCUT2D eigenvalue weighted by atomic mass is 79.9. The van der Waals surface area contributed by atoms with Gasteiger partial charge in [-0.05, 0) is 25.7 Å². The molecular weight excluding hydrogens is 350 g/mol. The van der Waals surface area contributed by atoms with E-state index in [9.17, 15) is 9.90 Å². The lowest BCUT2D eigenvalue weighted by molar-refractivity contribution is -0.437. The highest BCUT2D eigenvalue weighted by Crippen LogP contribution is 2.34. The van der Waals surface area contributed by atoms with Gasteiger partial charge in [-0.3, -0.25) is 0 Å². The molecule has 0 N–H and O–H groups in total. The van der Waals surface area contributed by atoms with E-state index in [0.717, 1.165) is 40.7 Å². The molecule has 0 radical (unpaired) electrons. The molecule has 22 heavy (non-hydrogen) atoms. The van der Waals surface area contributed by atoms with Crippen molar-refractivity contribution in [1.29, 1.82) is 0 Å². The fraction of sp³-hybridized carbons (Fsp3) is 0.375. The normalized spacial score (nSPS) is 15.0. The summed E-state index contributed by atoms with van der Waals surface area (Å²) in [6, 6.07) is 3.94. The van der Waals surface area contributed by atoms with Gasteiger partial charge in [-0.1, -0.05) is 15.9 Å². The van der Waals surface area contributed by atoms with E-state index in [0.29, 0.717) is 0 Å². The Kier molecular flexibility index (Phi) is 5.24. The van der Waals surface area contributed by atoms with Crippen LogP contribution in [-0.2, 0) is 27.1 Å². The SMILES string of the molecule is C=[N+]1CCCc2cc(Br)cc(C/C(C(=O)OC)=C(/[O-])OC)c21. The number of hydrogen-bond donors (Lipinski definition) is 0. The highest BCUT2D eigenvalue weighted by Gasteiger charge is 2.26. The molecule has 1 aromatic rings. The van der Waals surface area contributed by atoms with Gasteiger partial charge in [-0.15, -0.1) is 0 Å². The third-order valence-corrected chi connectivity index (χ3v) is 4.11. The molecule has 0 saturated heterocycles. The second-order valence-corrected chi connectivity index (χ2v) is 5.99. The number of halogens is 1. The molecule has 0 atom stereocenters. The first kappa shape index (κ1) is 16.5. The lowest BCUT2D eigenvalue weighted by Gasteiger charge is -2.19. The maximum absolute atomic E-state index is 11.9. The average molecular weight is 368 g/mol. The molecule has 0 bridgehead atoms. The maximum Gasteiger partial charge on any atom is 0.335 e. The van der Waals surface area contributed by atoms with Crippen LogP contribution in [0.2, 0.25) is 0 Å². The van der Waals surface area contributed by atoms with Crippen LogP contribution in [0.5, 0.6) is 0 Å². The Bertz CT molecular complexity index is 652. The summed E-state index contributed by atoms with van der Waals surface area (Å²) >= 11 is 3.48. The van der Waals surface area contributed by atoms with Gasteiger partial charge in [0.2, 0.25) is 5.69 Å². The molecule has 1 aliphatic rings. The lowest BCUT2D eigenvalue weighted by atomic mass is 9.95. The van der Waals surface area contributed by atoms with Crippen LogP contribution in [-0.4, -0.2) is 38.0 Å². The van der Waals surface area contributed by atoms with Gasteiger partial charge in [0.15, 0.2) is 0 Å². The van der Waals surface area contributed by atoms with E-state index in [-0.39, 0.29) is 12.0 Å². The van der Waals surface area contributed by atoms with Crippen LogP contribution in [0.25, 0.3) is 0 Å². The van der Waals surface area contributed by atoms with Gasteiger partial charge in [-0.25, -0.2) is 9.37 Å². The molecule has 1 aliphatic heterocycles. The lowest BCUT2D eigenvalue weighted by Crippen LogP contribution is -2.20. The predicted octanol–water partition coefficient (Wildman–Crippen LogP) is 1.67. The summed E-state index contributed by atoms with van der Waals surface area (Å²) in [6.45, 7) is 4.88. The number of carbonyl (C=O) groups is 1. The number of hydrogen-bond acceptors (Lipinski definition) is 4. The Morgan fingerprint density at radius 1 is 1.41 bits per heavy atom. The second kappa shape index (κ2) is 6.96. The summed E-state index contributed by atoms with van der Waals surface area (Å²) in [4.78, 5) is 11.9. The number of benzene rings is 1. The van der Waals surface area contributed by atoms with Crippen LogP contribution in [0, 0.1) is 0 Å². The van der Waals surface area contributed by atoms with E-state index >= 15 is 0 Å². The van der Waals surface area contributed by atoms with Crippen molar-refractivity contribution in [2.45, 2.75) is 19.3 Å². The Hall–Kier alpha value is -1.82. The van der Waals surface area contributed by atoms with E-state index < -0.39 is 11.9 Å². The first-order valence-corrected chi connectivity index (χ1v) is 7.69. The third-order valence-electron chi connectivity index (χ3n) is 3.65. The van der Waals surface area contributed by atoms with Crippen molar-refractivity contribution in [1.82, 2.24) is 0 Å². The first-order valence-electron chi connectivity index (χ1n) is 6.89. The van der Waals surface area contributed by atoms with Gasteiger partial charge < -0.3 is 14.6 Å². The Morgan fingerprint density at radius 3 is 2.77 bits per heavy atom. The van der Waals surface area contributed by atoms with Gasteiger partial charge in [0.1, 0.15) is 13.3 Å². The molecule has 0 fully saturated rings. The second-order valence-electron chi connectivity index (χ2n) is 5.08. The summed E-state index contributed by atoms with van der Waals surface area (Å²) in [5.41, 5.74) is 2.95. The molecule has 2 rings (SSSR count). The molecule has 0 saturated carbocycles. The third kappa shape index (κ3) is 3.32. The van der Waals surface area contributed by atoms with Crippen molar-refractivity contribution in [3.63, 3.8) is 0 Å². The number of ether oxygens (including phenoxy) is 2. The van der Waals surface area contributed by atoms with Gasteiger partial charge in [0, 0.05) is 28.4 Å². The van der Waals surface area contributed by atoms with Crippen molar-refractivity contribution in [3.8, 4) is 0 Å². The molecule has 0 unspecified atom stereocenters. The molecule has 0 amide bonds. The zero-order valence-corrected chi connectivity index (χ0v) is 14.2. The largest absolute Gasteiger partial charge is 0.616 e. The smallest absolute Gasteiger partial charge is 0.335 e. The fourth-order valence-electron chi connectivity index (χ4n) is 2.69. The Balaban J connectivity index is 2.50. The molecule has 118 valence electrons. The average Bonchev–Trinajstić information content (AvgIpc) is 2.50. The van der Waals surface area contributed by atoms with E-state index in [2.05, 4.69) is 22.6 Å². The molecular formula is C16H18BrNO4. The summed E-state index contributed by atoms with van der Waals surface area (Å²) in [5.74, 6) is -1.35. The minimum atomic E-state index is -0.674.